The third kappa shape index (κ3) is 6.05. The van der Waals surface area contributed by atoms with Gasteiger partial charge in [0.2, 0.25) is 5.91 Å². The summed E-state index contributed by atoms with van der Waals surface area (Å²) in [5, 5.41) is 13.0. The molecule has 0 aliphatic carbocycles. The number of likely N-dealkylation sites (tertiary alicyclic amines) is 1. The van der Waals surface area contributed by atoms with Gasteiger partial charge in [-0.05, 0) is 45.1 Å². The summed E-state index contributed by atoms with van der Waals surface area (Å²) in [4.78, 5) is 25.5. The Morgan fingerprint density at radius 2 is 1.84 bits per heavy atom. The SMILES string of the molecule is CC(C)(C)OC(=O)NCC(=O)N1CCC(C(O)c2ccccc2)CC1. The molecular weight excluding hydrogens is 320 g/mol. The molecule has 1 aliphatic rings. The Hall–Kier alpha value is -2.08. The van der Waals surface area contributed by atoms with Crippen molar-refractivity contribution in [3.05, 3.63) is 35.9 Å². The molecule has 1 aliphatic heterocycles. The van der Waals surface area contributed by atoms with E-state index >= 15 is 0 Å². The van der Waals surface area contributed by atoms with E-state index in [-0.39, 0.29) is 18.4 Å². The van der Waals surface area contributed by atoms with Gasteiger partial charge in [0, 0.05) is 13.1 Å². The van der Waals surface area contributed by atoms with Gasteiger partial charge in [-0.15, -0.1) is 0 Å². The van der Waals surface area contributed by atoms with Crippen LogP contribution in [0.3, 0.4) is 0 Å². The van der Waals surface area contributed by atoms with Crippen molar-refractivity contribution in [2.24, 2.45) is 5.92 Å². The maximum absolute atomic E-state index is 12.2. The first-order valence-electron chi connectivity index (χ1n) is 8.74. The van der Waals surface area contributed by atoms with Crippen LogP contribution < -0.4 is 5.32 Å². The van der Waals surface area contributed by atoms with E-state index in [0.717, 1.165) is 18.4 Å². The van der Waals surface area contributed by atoms with Crippen LogP contribution in [-0.2, 0) is 9.53 Å². The summed E-state index contributed by atoms with van der Waals surface area (Å²) in [5.74, 6) is 0.0174. The van der Waals surface area contributed by atoms with Crippen LogP contribution in [0.5, 0.6) is 0 Å². The maximum Gasteiger partial charge on any atom is 0.408 e. The number of ether oxygens (including phenoxy) is 1. The molecule has 2 N–H and O–H groups in total. The Morgan fingerprint density at radius 3 is 2.40 bits per heavy atom. The van der Waals surface area contributed by atoms with Gasteiger partial charge in [0.25, 0.3) is 0 Å². The Kier molecular flexibility index (Phi) is 6.42. The Labute approximate surface area is 149 Å². The third-order valence-electron chi connectivity index (χ3n) is 4.26. The minimum atomic E-state index is -0.588. The van der Waals surface area contributed by atoms with Gasteiger partial charge in [-0.3, -0.25) is 4.79 Å². The van der Waals surface area contributed by atoms with Crippen molar-refractivity contribution in [2.45, 2.75) is 45.3 Å². The normalized spacial score (nSPS) is 17.0. The third-order valence-corrected chi connectivity index (χ3v) is 4.26. The van der Waals surface area contributed by atoms with E-state index in [1.807, 2.05) is 30.3 Å². The lowest BCUT2D eigenvalue weighted by Gasteiger charge is -2.34. The highest BCUT2D eigenvalue weighted by molar-refractivity contribution is 5.82. The van der Waals surface area contributed by atoms with E-state index in [1.54, 1.807) is 25.7 Å². The largest absolute Gasteiger partial charge is 0.444 e. The zero-order valence-corrected chi connectivity index (χ0v) is 15.2. The van der Waals surface area contributed by atoms with Gasteiger partial charge >= 0.3 is 6.09 Å². The smallest absolute Gasteiger partial charge is 0.408 e. The second-order valence-electron chi connectivity index (χ2n) is 7.43. The molecule has 1 saturated heterocycles. The average Bonchev–Trinajstić information content (AvgIpc) is 2.58. The van der Waals surface area contributed by atoms with Gasteiger partial charge < -0.3 is 20.1 Å². The van der Waals surface area contributed by atoms with Crippen LogP contribution >= 0.6 is 0 Å². The van der Waals surface area contributed by atoms with Gasteiger partial charge in [0.15, 0.2) is 0 Å². The van der Waals surface area contributed by atoms with Crippen LogP contribution in [0.1, 0.15) is 45.3 Å². The molecule has 1 heterocycles. The minimum Gasteiger partial charge on any atom is -0.444 e. The van der Waals surface area contributed by atoms with Gasteiger partial charge in [-0.2, -0.15) is 0 Å². The van der Waals surface area contributed by atoms with Crippen LogP contribution in [0, 0.1) is 5.92 Å². The lowest BCUT2D eigenvalue weighted by Crippen LogP contribution is -2.45. The Balaban J connectivity index is 1.76. The first-order chi connectivity index (χ1) is 11.8. The fraction of sp³-hybridized carbons (Fsp3) is 0.579. The van der Waals surface area contributed by atoms with Gasteiger partial charge in [-0.1, -0.05) is 30.3 Å². The van der Waals surface area contributed by atoms with Gasteiger partial charge in [0.1, 0.15) is 12.1 Å². The first kappa shape index (κ1) is 19.2. The number of aliphatic hydroxyl groups is 1. The first-order valence-corrected chi connectivity index (χ1v) is 8.74. The minimum absolute atomic E-state index is 0.0686. The second kappa shape index (κ2) is 8.34. The number of rotatable bonds is 4. The molecule has 0 aromatic heterocycles. The molecule has 0 radical (unpaired) electrons. The molecule has 25 heavy (non-hydrogen) atoms. The molecular formula is C19H28N2O4. The highest BCUT2D eigenvalue weighted by atomic mass is 16.6. The number of piperidine rings is 1. The highest BCUT2D eigenvalue weighted by Gasteiger charge is 2.28. The number of nitrogens with zero attached hydrogens (tertiary/aromatic N) is 1. The lowest BCUT2D eigenvalue weighted by atomic mass is 9.87. The number of nitrogens with one attached hydrogen (secondary N) is 1. The van der Waals surface area contributed by atoms with E-state index < -0.39 is 17.8 Å². The van der Waals surface area contributed by atoms with Crippen LogP contribution in [0.4, 0.5) is 4.79 Å². The summed E-state index contributed by atoms with van der Waals surface area (Å²) in [6.07, 6.45) is 0.399. The van der Waals surface area contributed by atoms with Crippen molar-refractivity contribution in [1.29, 1.82) is 0 Å². The maximum atomic E-state index is 12.2. The molecule has 1 atom stereocenters. The molecule has 1 aromatic rings. The summed E-state index contributed by atoms with van der Waals surface area (Å²) >= 11 is 0. The fourth-order valence-electron chi connectivity index (χ4n) is 2.96. The quantitative estimate of drug-likeness (QED) is 0.876. The summed E-state index contributed by atoms with van der Waals surface area (Å²) in [5.41, 5.74) is 0.331. The number of benzene rings is 1. The van der Waals surface area contributed by atoms with Crippen LogP contribution in [0.25, 0.3) is 0 Å². The number of aliphatic hydroxyl groups excluding tert-OH is 1. The van der Waals surface area contributed by atoms with E-state index in [9.17, 15) is 14.7 Å². The molecule has 6 heteroatoms. The van der Waals surface area contributed by atoms with E-state index in [4.69, 9.17) is 4.74 Å². The summed E-state index contributed by atoms with van der Waals surface area (Å²) in [7, 11) is 0. The van der Waals surface area contributed by atoms with Gasteiger partial charge in [-0.25, -0.2) is 4.79 Å². The standard InChI is InChI=1S/C19H28N2O4/c1-19(2,3)25-18(24)20-13-16(22)21-11-9-15(10-12-21)17(23)14-7-5-4-6-8-14/h4-8,15,17,23H,9-13H2,1-3H3,(H,20,24). The van der Waals surface area contributed by atoms with Crippen molar-refractivity contribution >= 4 is 12.0 Å². The van der Waals surface area contributed by atoms with Crippen LogP contribution in [-0.4, -0.2) is 47.2 Å². The second-order valence-corrected chi connectivity index (χ2v) is 7.43. The van der Waals surface area contributed by atoms with E-state index in [0.29, 0.717) is 13.1 Å². The Morgan fingerprint density at radius 1 is 1.24 bits per heavy atom. The van der Waals surface area contributed by atoms with Crippen molar-refractivity contribution in [3.8, 4) is 0 Å². The number of carbonyl (C=O) groups is 2. The van der Waals surface area contributed by atoms with Crippen LogP contribution in [0.2, 0.25) is 0 Å². The predicted octanol–water partition coefficient (Wildman–Crippen LogP) is 2.48. The van der Waals surface area contributed by atoms with Crippen molar-refractivity contribution in [3.63, 3.8) is 0 Å². The monoisotopic (exact) mass is 348 g/mol. The van der Waals surface area contributed by atoms with Crippen molar-refractivity contribution in [1.82, 2.24) is 10.2 Å². The van der Waals surface area contributed by atoms with Crippen molar-refractivity contribution in [2.75, 3.05) is 19.6 Å². The molecule has 1 aromatic carbocycles. The predicted molar refractivity (Wildman–Crippen MR) is 94.9 cm³/mol. The molecule has 1 fully saturated rings. The van der Waals surface area contributed by atoms with E-state index in [1.165, 1.54) is 0 Å². The molecule has 0 spiro atoms. The van der Waals surface area contributed by atoms with E-state index in [2.05, 4.69) is 5.32 Å². The summed E-state index contributed by atoms with van der Waals surface area (Å²) < 4.78 is 5.12. The number of carbonyl (C=O) groups excluding carboxylic acids is 2. The Bertz CT molecular complexity index is 575. The fourth-order valence-corrected chi connectivity index (χ4v) is 2.96. The van der Waals surface area contributed by atoms with Crippen LogP contribution in [0.15, 0.2) is 30.3 Å². The number of amides is 2. The zero-order valence-electron chi connectivity index (χ0n) is 15.2. The van der Waals surface area contributed by atoms with Crippen molar-refractivity contribution < 1.29 is 19.4 Å². The molecule has 2 amide bonds. The molecule has 0 saturated carbocycles. The highest BCUT2D eigenvalue weighted by Crippen LogP contribution is 2.30. The summed E-state index contributed by atoms with van der Waals surface area (Å²) in [6.45, 7) is 6.43. The van der Waals surface area contributed by atoms with Gasteiger partial charge in [0.05, 0.1) is 6.10 Å². The molecule has 1 unspecified atom stereocenters. The number of alkyl carbamates (subject to hydrolysis) is 1. The molecule has 6 nitrogen and oxygen atoms in total. The molecule has 2 rings (SSSR count). The number of hydrogen-bond acceptors (Lipinski definition) is 4. The topological polar surface area (TPSA) is 78.9 Å². The average molecular weight is 348 g/mol. The lowest BCUT2D eigenvalue weighted by molar-refractivity contribution is -0.132. The summed E-state index contributed by atoms with van der Waals surface area (Å²) in [6, 6.07) is 9.61. The zero-order chi connectivity index (χ0) is 18.4. The molecule has 138 valence electrons. The number of hydrogen-bond donors (Lipinski definition) is 2. The molecule has 0 bridgehead atoms.